The SMILES string of the molecule is CCCS(=O)O. The maximum atomic E-state index is 9.71. The smallest absolute Gasteiger partial charge is 0.152 e. The average Bonchev–Trinajstić information content (AvgIpc) is 1.35. The largest absolute Gasteiger partial charge is 0.306 e. The van der Waals surface area contributed by atoms with Crippen LogP contribution in [-0.2, 0) is 11.1 Å². The molecule has 1 atom stereocenters. The highest BCUT2D eigenvalue weighted by molar-refractivity contribution is 7.79. The second kappa shape index (κ2) is 3.31. The summed E-state index contributed by atoms with van der Waals surface area (Å²) in [6, 6.07) is 0. The summed E-state index contributed by atoms with van der Waals surface area (Å²) in [4.78, 5) is 0. The maximum absolute atomic E-state index is 9.71. The fourth-order valence-electron chi connectivity index (χ4n) is 0.175. The Morgan fingerprint density at radius 2 is 2.33 bits per heavy atom. The second-order valence-corrected chi connectivity index (χ2v) is 2.08. The summed E-state index contributed by atoms with van der Waals surface area (Å²) in [5.74, 6) is 0.403. The van der Waals surface area contributed by atoms with Gasteiger partial charge >= 0.3 is 0 Å². The molecule has 0 saturated carbocycles. The molecule has 0 radical (unpaired) electrons. The standard InChI is InChI=1S/C3H8O2S/c1-2-3-6(4)5/h2-3H2,1H3,(H,4,5). The summed E-state index contributed by atoms with van der Waals surface area (Å²) >= 11 is -1.57. The molecule has 2 nitrogen and oxygen atoms in total. The summed E-state index contributed by atoms with van der Waals surface area (Å²) in [6.45, 7) is 1.87. The Bertz CT molecular complexity index is 52.8. The van der Waals surface area contributed by atoms with Gasteiger partial charge in [-0.05, 0) is 6.42 Å². The van der Waals surface area contributed by atoms with Crippen molar-refractivity contribution in [3.8, 4) is 0 Å². The van der Waals surface area contributed by atoms with Gasteiger partial charge in [0.25, 0.3) is 0 Å². The lowest BCUT2D eigenvalue weighted by atomic mass is 10.6. The zero-order valence-electron chi connectivity index (χ0n) is 3.68. The van der Waals surface area contributed by atoms with E-state index in [1.54, 1.807) is 0 Å². The van der Waals surface area contributed by atoms with E-state index in [1.807, 2.05) is 6.92 Å². The first-order chi connectivity index (χ1) is 2.77. The number of hydrogen-bond acceptors (Lipinski definition) is 1. The Morgan fingerprint density at radius 3 is 2.33 bits per heavy atom. The third-order valence-corrected chi connectivity index (χ3v) is 1.14. The molecule has 0 bridgehead atoms. The minimum Gasteiger partial charge on any atom is -0.306 e. The molecule has 0 spiro atoms. The van der Waals surface area contributed by atoms with Crippen LogP contribution in [0.25, 0.3) is 0 Å². The van der Waals surface area contributed by atoms with Crippen LogP contribution < -0.4 is 0 Å². The molecule has 38 valence electrons. The first-order valence-corrected chi connectivity index (χ1v) is 3.12. The monoisotopic (exact) mass is 108 g/mol. The van der Waals surface area contributed by atoms with Gasteiger partial charge < -0.3 is 4.55 Å². The van der Waals surface area contributed by atoms with Crippen LogP contribution in [0.2, 0.25) is 0 Å². The van der Waals surface area contributed by atoms with Crippen molar-refractivity contribution in [3.63, 3.8) is 0 Å². The molecule has 0 aliphatic rings. The maximum Gasteiger partial charge on any atom is 0.152 e. The molecule has 0 amide bonds. The van der Waals surface area contributed by atoms with Crippen molar-refractivity contribution in [3.05, 3.63) is 0 Å². The van der Waals surface area contributed by atoms with Crippen molar-refractivity contribution in [1.82, 2.24) is 0 Å². The van der Waals surface area contributed by atoms with E-state index in [4.69, 9.17) is 4.55 Å². The molecule has 0 aromatic carbocycles. The molecule has 6 heavy (non-hydrogen) atoms. The predicted octanol–water partition coefficient (Wildman–Crippen LogP) is 0.618. The molecular weight excluding hydrogens is 100 g/mol. The lowest BCUT2D eigenvalue weighted by molar-refractivity contribution is 0.563. The van der Waals surface area contributed by atoms with E-state index in [-0.39, 0.29) is 0 Å². The van der Waals surface area contributed by atoms with Gasteiger partial charge in [0, 0.05) is 5.75 Å². The third kappa shape index (κ3) is 4.11. The van der Waals surface area contributed by atoms with Gasteiger partial charge in [0.1, 0.15) is 0 Å². The molecule has 1 N–H and O–H groups in total. The molecular formula is C3H8O2S. The van der Waals surface area contributed by atoms with Crippen molar-refractivity contribution >= 4 is 11.1 Å². The lowest BCUT2D eigenvalue weighted by Crippen LogP contribution is -1.90. The Kier molecular flexibility index (Phi) is 3.37. The topological polar surface area (TPSA) is 37.3 Å². The lowest BCUT2D eigenvalue weighted by Gasteiger charge is -1.81. The summed E-state index contributed by atoms with van der Waals surface area (Å²) in [5, 5.41) is 0. The zero-order valence-corrected chi connectivity index (χ0v) is 4.49. The summed E-state index contributed by atoms with van der Waals surface area (Å²) in [6.07, 6.45) is 0.781. The highest BCUT2D eigenvalue weighted by atomic mass is 32.2. The van der Waals surface area contributed by atoms with Crippen LogP contribution in [0.3, 0.4) is 0 Å². The van der Waals surface area contributed by atoms with E-state index in [0.717, 1.165) is 6.42 Å². The van der Waals surface area contributed by atoms with Gasteiger partial charge in [0.05, 0.1) is 0 Å². The third-order valence-electron chi connectivity index (χ3n) is 0.379. The van der Waals surface area contributed by atoms with Gasteiger partial charge in [-0.2, -0.15) is 0 Å². The van der Waals surface area contributed by atoms with E-state index >= 15 is 0 Å². The van der Waals surface area contributed by atoms with E-state index in [2.05, 4.69) is 0 Å². The van der Waals surface area contributed by atoms with Gasteiger partial charge in [-0.15, -0.1) is 0 Å². The molecule has 0 saturated heterocycles. The summed E-state index contributed by atoms with van der Waals surface area (Å²) < 4.78 is 17.7. The van der Waals surface area contributed by atoms with Crippen LogP contribution in [0.5, 0.6) is 0 Å². The van der Waals surface area contributed by atoms with E-state index in [0.29, 0.717) is 5.75 Å². The molecule has 1 unspecified atom stereocenters. The van der Waals surface area contributed by atoms with Gasteiger partial charge in [0.15, 0.2) is 11.1 Å². The Labute approximate surface area is 39.8 Å². The van der Waals surface area contributed by atoms with Crippen molar-refractivity contribution in [1.29, 1.82) is 0 Å². The fraction of sp³-hybridized carbons (Fsp3) is 1.00. The summed E-state index contributed by atoms with van der Waals surface area (Å²) in [5.41, 5.74) is 0. The van der Waals surface area contributed by atoms with Crippen LogP contribution in [0, 0.1) is 0 Å². The van der Waals surface area contributed by atoms with Gasteiger partial charge in [-0.1, -0.05) is 6.92 Å². The van der Waals surface area contributed by atoms with Crippen LogP contribution in [0.4, 0.5) is 0 Å². The van der Waals surface area contributed by atoms with Gasteiger partial charge in [-0.3, -0.25) is 0 Å². The van der Waals surface area contributed by atoms with E-state index < -0.39 is 11.1 Å². The second-order valence-electron chi connectivity index (χ2n) is 1.03. The van der Waals surface area contributed by atoms with Crippen molar-refractivity contribution in [2.45, 2.75) is 13.3 Å². The van der Waals surface area contributed by atoms with Crippen molar-refractivity contribution in [2.24, 2.45) is 0 Å². The van der Waals surface area contributed by atoms with Gasteiger partial charge in [0.2, 0.25) is 0 Å². The first kappa shape index (κ1) is 6.11. The molecule has 0 aromatic rings. The van der Waals surface area contributed by atoms with E-state index in [9.17, 15) is 4.21 Å². The fourth-order valence-corrected chi connectivity index (χ4v) is 0.524. The first-order valence-electron chi connectivity index (χ1n) is 1.85. The Balaban J connectivity index is 2.83. The highest BCUT2D eigenvalue weighted by Crippen LogP contribution is 1.76. The average molecular weight is 108 g/mol. The predicted molar refractivity (Wildman–Crippen MR) is 25.9 cm³/mol. The minimum absolute atomic E-state index is 0.403. The van der Waals surface area contributed by atoms with E-state index in [1.165, 1.54) is 0 Å². The molecule has 0 aliphatic heterocycles. The molecule has 0 aliphatic carbocycles. The molecule has 3 heteroatoms. The normalized spacial score (nSPS) is 14.3. The highest BCUT2D eigenvalue weighted by Gasteiger charge is 1.83. The van der Waals surface area contributed by atoms with Gasteiger partial charge in [-0.25, -0.2) is 4.21 Å². The number of rotatable bonds is 2. The molecule has 0 fully saturated rings. The molecule has 0 aromatic heterocycles. The Morgan fingerprint density at radius 1 is 1.83 bits per heavy atom. The molecule has 0 heterocycles. The minimum atomic E-state index is -1.57. The number of hydrogen-bond donors (Lipinski definition) is 1. The summed E-state index contributed by atoms with van der Waals surface area (Å²) in [7, 11) is 0. The van der Waals surface area contributed by atoms with Crippen molar-refractivity contribution in [2.75, 3.05) is 5.75 Å². The van der Waals surface area contributed by atoms with Crippen LogP contribution in [0.1, 0.15) is 13.3 Å². The van der Waals surface area contributed by atoms with Crippen molar-refractivity contribution < 1.29 is 8.76 Å². The molecule has 0 rings (SSSR count). The van der Waals surface area contributed by atoms with Crippen LogP contribution in [0.15, 0.2) is 0 Å². The Hall–Kier alpha value is 0.110. The van der Waals surface area contributed by atoms with Crippen LogP contribution in [-0.4, -0.2) is 14.5 Å². The quantitative estimate of drug-likeness (QED) is 0.526. The zero-order chi connectivity index (χ0) is 4.99. The van der Waals surface area contributed by atoms with Crippen LogP contribution >= 0.6 is 0 Å².